The molecule has 1 aliphatic heterocycles. The molecule has 2 aliphatic rings. The number of rotatable bonds is 4. The highest BCUT2D eigenvalue weighted by Crippen LogP contribution is 2.32. The molecular weight excluding hydrogens is 228 g/mol. The largest absolute Gasteiger partial charge is 0.480 e. The summed E-state index contributed by atoms with van der Waals surface area (Å²) in [6.45, 7) is 0.809. The molecule has 1 heterocycles. The van der Waals surface area contributed by atoms with Gasteiger partial charge in [-0.1, -0.05) is 0 Å². The van der Waals surface area contributed by atoms with Crippen molar-refractivity contribution in [3.05, 3.63) is 0 Å². The summed E-state index contributed by atoms with van der Waals surface area (Å²) >= 11 is 1.72. The second-order valence-corrected chi connectivity index (χ2v) is 5.39. The molecule has 1 saturated heterocycles. The van der Waals surface area contributed by atoms with Crippen LogP contribution < -0.4 is 10.6 Å². The van der Waals surface area contributed by atoms with Gasteiger partial charge in [0.2, 0.25) is 5.91 Å². The molecule has 1 aliphatic carbocycles. The van der Waals surface area contributed by atoms with Gasteiger partial charge in [0, 0.05) is 18.1 Å². The average molecular weight is 244 g/mol. The third-order valence-corrected chi connectivity index (χ3v) is 3.96. The summed E-state index contributed by atoms with van der Waals surface area (Å²) in [7, 11) is 0. The van der Waals surface area contributed by atoms with Crippen molar-refractivity contribution in [1.29, 1.82) is 0 Å². The molecule has 2 atom stereocenters. The lowest BCUT2D eigenvalue weighted by molar-refractivity contribution is -0.142. The average Bonchev–Trinajstić information content (AvgIpc) is 3.10. The summed E-state index contributed by atoms with van der Waals surface area (Å²) in [5.74, 6) is 0.779. The van der Waals surface area contributed by atoms with Gasteiger partial charge < -0.3 is 15.7 Å². The molecule has 1 saturated carbocycles. The van der Waals surface area contributed by atoms with Crippen LogP contribution >= 0.6 is 11.8 Å². The molecule has 2 fully saturated rings. The van der Waals surface area contributed by atoms with Crippen LogP contribution in [-0.2, 0) is 9.59 Å². The van der Waals surface area contributed by atoms with E-state index in [0.717, 1.165) is 30.9 Å². The predicted molar refractivity (Wildman–Crippen MR) is 61.4 cm³/mol. The van der Waals surface area contributed by atoms with Gasteiger partial charge in [0.25, 0.3) is 0 Å². The molecule has 2 rings (SSSR count). The van der Waals surface area contributed by atoms with Gasteiger partial charge in [-0.3, -0.25) is 4.79 Å². The van der Waals surface area contributed by atoms with E-state index in [1.807, 2.05) is 0 Å². The Morgan fingerprint density at radius 3 is 2.69 bits per heavy atom. The first-order chi connectivity index (χ1) is 7.68. The SMILES string of the molecule is O=C(NC(C(=O)O)C1CC1)C1CSCCN1. The Bertz CT molecular complexity index is 288. The zero-order valence-electron chi connectivity index (χ0n) is 8.94. The number of amides is 1. The maximum Gasteiger partial charge on any atom is 0.326 e. The molecule has 6 heteroatoms. The van der Waals surface area contributed by atoms with Crippen LogP contribution in [0.15, 0.2) is 0 Å². The summed E-state index contributed by atoms with van der Waals surface area (Å²) in [6.07, 6.45) is 1.81. The number of carboxylic acid groups (broad SMARTS) is 1. The van der Waals surface area contributed by atoms with E-state index in [2.05, 4.69) is 10.6 Å². The van der Waals surface area contributed by atoms with Crippen molar-refractivity contribution in [2.45, 2.75) is 24.9 Å². The van der Waals surface area contributed by atoms with Crippen molar-refractivity contribution in [3.8, 4) is 0 Å². The van der Waals surface area contributed by atoms with Gasteiger partial charge in [-0.15, -0.1) is 0 Å². The molecule has 1 amide bonds. The van der Waals surface area contributed by atoms with Crippen LogP contribution in [0.4, 0.5) is 0 Å². The van der Waals surface area contributed by atoms with Crippen molar-refractivity contribution >= 4 is 23.6 Å². The summed E-state index contributed by atoms with van der Waals surface area (Å²) in [6, 6.07) is -0.930. The van der Waals surface area contributed by atoms with E-state index < -0.39 is 12.0 Å². The molecule has 0 bridgehead atoms. The lowest BCUT2D eigenvalue weighted by atomic mass is 10.1. The molecular formula is C10H16N2O3S. The van der Waals surface area contributed by atoms with Crippen molar-refractivity contribution in [1.82, 2.24) is 10.6 Å². The summed E-state index contributed by atoms with van der Waals surface area (Å²) < 4.78 is 0. The first kappa shape index (κ1) is 11.7. The maximum atomic E-state index is 11.8. The molecule has 90 valence electrons. The number of carbonyl (C=O) groups excluding carboxylic acids is 1. The number of nitrogens with one attached hydrogen (secondary N) is 2. The molecule has 2 unspecified atom stereocenters. The number of carbonyl (C=O) groups is 2. The van der Waals surface area contributed by atoms with Crippen molar-refractivity contribution in [2.24, 2.45) is 5.92 Å². The predicted octanol–water partition coefficient (Wildman–Crippen LogP) is -0.329. The van der Waals surface area contributed by atoms with Crippen LogP contribution in [0, 0.1) is 5.92 Å². The van der Waals surface area contributed by atoms with Crippen LogP contribution in [0.3, 0.4) is 0 Å². The van der Waals surface area contributed by atoms with Crippen molar-refractivity contribution in [3.63, 3.8) is 0 Å². The Hall–Kier alpha value is -0.750. The van der Waals surface area contributed by atoms with E-state index in [4.69, 9.17) is 5.11 Å². The molecule has 3 N–H and O–H groups in total. The molecule has 5 nitrogen and oxygen atoms in total. The Kier molecular flexibility index (Phi) is 3.70. The fourth-order valence-electron chi connectivity index (χ4n) is 1.80. The zero-order chi connectivity index (χ0) is 11.5. The Morgan fingerprint density at radius 2 is 2.19 bits per heavy atom. The van der Waals surface area contributed by atoms with E-state index in [9.17, 15) is 9.59 Å². The molecule has 0 aromatic heterocycles. The number of carboxylic acids is 1. The minimum Gasteiger partial charge on any atom is -0.480 e. The van der Waals surface area contributed by atoms with E-state index in [-0.39, 0.29) is 17.9 Å². The van der Waals surface area contributed by atoms with Gasteiger partial charge in [-0.05, 0) is 18.8 Å². The lowest BCUT2D eigenvalue weighted by Crippen LogP contribution is -2.53. The maximum absolute atomic E-state index is 11.8. The molecule has 0 aromatic rings. The van der Waals surface area contributed by atoms with Gasteiger partial charge in [-0.25, -0.2) is 4.79 Å². The Labute approximate surface area is 98.4 Å². The summed E-state index contributed by atoms with van der Waals surface area (Å²) in [5, 5.41) is 14.7. The zero-order valence-corrected chi connectivity index (χ0v) is 9.76. The monoisotopic (exact) mass is 244 g/mol. The normalized spacial score (nSPS) is 27.1. The number of thioether (sulfide) groups is 1. The van der Waals surface area contributed by atoms with Gasteiger partial charge in [0.05, 0.1) is 6.04 Å². The van der Waals surface area contributed by atoms with Crippen molar-refractivity contribution < 1.29 is 14.7 Å². The fourth-order valence-corrected chi connectivity index (χ4v) is 2.73. The quantitative estimate of drug-likeness (QED) is 0.631. The summed E-state index contributed by atoms with van der Waals surface area (Å²) in [4.78, 5) is 22.8. The summed E-state index contributed by atoms with van der Waals surface area (Å²) in [5.41, 5.74) is 0. The van der Waals surface area contributed by atoms with Crippen LogP contribution in [-0.4, -0.2) is 47.1 Å². The van der Waals surface area contributed by atoms with E-state index in [1.54, 1.807) is 11.8 Å². The lowest BCUT2D eigenvalue weighted by Gasteiger charge is -2.24. The van der Waals surface area contributed by atoms with Gasteiger partial charge in [0.1, 0.15) is 6.04 Å². The van der Waals surface area contributed by atoms with Gasteiger partial charge in [-0.2, -0.15) is 11.8 Å². The topological polar surface area (TPSA) is 78.4 Å². The second kappa shape index (κ2) is 5.05. The fraction of sp³-hybridized carbons (Fsp3) is 0.800. The Morgan fingerprint density at radius 1 is 1.44 bits per heavy atom. The molecule has 0 spiro atoms. The molecule has 0 radical (unpaired) electrons. The van der Waals surface area contributed by atoms with E-state index in [1.165, 1.54) is 0 Å². The highest BCUT2D eigenvalue weighted by molar-refractivity contribution is 7.99. The first-order valence-corrected chi connectivity index (χ1v) is 6.68. The minimum absolute atomic E-state index is 0.137. The number of aliphatic carboxylic acids is 1. The molecule has 16 heavy (non-hydrogen) atoms. The first-order valence-electron chi connectivity index (χ1n) is 5.53. The van der Waals surface area contributed by atoms with E-state index >= 15 is 0 Å². The van der Waals surface area contributed by atoms with Crippen LogP contribution in [0.2, 0.25) is 0 Å². The smallest absolute Gasteiger partial charge is 0.326 e. The van der Waals surface area contributed by atoms with Gasteiger partial charge >= 0.3 is 5.97 Å². The van der Waals surface area contributed by atoms with Gasteiger partial charge in [0.15, 0.2) is 0 Å². The Balaban J connectivity index is 1.86. The third kappa shape index (κ3) is 2.89. The number of hydrogen-bond acceptors (Lipinski definition) is 4. The van der Waals surface area contributed by atoms with Crippen LogP contribution in [0.5, 0.6) is 0 Å². The third-order valence-electron chi connectivity index (χ3n) is 2.90. The van der Waals surface area contributed by atoms with Crippen LogP contribution in [0.25, 0.3) is 0 Å². The minimum atomic E-state index is -0.917. The number of hydrogen-bond donors (Lipinski definition) is 3. The van der Waals surface area contributed by atoms with Crippen LogP contribution in [0.1, 0.15) is 12.8 Å². The van der Waals surface area contributed by atoms with Crippen molar-refractivity contribution in [2.75, 3.05) is 18.1 Å². The highest BCUT2D eigenvalue weighted by atomic mass is 32.2. The molecule has 0 aromatic carbocycles. The highest BCUT2D eigenvalue weighted by Gasteiger charge is 2.38. The standard InChI is InChI=1S/C10H16N2O3S/c13-9(7-5-16-4-3-11-7)12-8(10(14)15)6-1-2-6/h6-8,11H,1-5H2,(H,12,13)(H,14,15). The van der Waals surface area contributed by atoms with E-state index in [0.29, 0.717) is 0 Å². The second-order valence-electron chi connectivity index (χ2n) is 4.24.